The van der Waals surface area contributed by atoms with Crippen LogP contribution in [0, 0.1) is 0 Å². The smallest absolute Gasteiger partial charge is 0.157 e. The Morgan fingerprint density at radius 2 is 1.94 bits per heavy atom. The predicted molar refractivity (Wildman–Crippen MR) is 65.8 cm³/mol. The number of rotatable bonds is 3. The monoisotopic (exact) mass is 245 g/mol. The van der Waals surface area contributed by atoms with E-state index in [1.165, 1.54) is 6.08 Å². The van der Waals surface area contributed by atoms with Crippen LogP contribution < -0.4 is 10.8 Å². The quantitative estimate of drug-likeness (QED) is 0.798. The van der Waals surface area contributed by atoms with E-state index in [-0.39, 0.29) is 0 Å². The van der Waals surface area contributed by atoms with E-state index < -0.39 is 5.97 Å². The average molecular weight is 245 g/mol. The standard InChI is InChI=1S/C9H8O2.C5H7NO/c10-9(11)7-6-8-4-2-1-3-5-8;6-4-5-2-1-3-7-5/h1-7H,(H,10,11);1-3H,4,6H2/b7-6+;. The van der Waals surface area contributed by atoms with E-state index in [1.54, 1.807) is 6.26 Å². The molecule has 4 nitrogen and oxygen atoms in total. The number of quaternary nitrogens is 1. The minimum atomic E-state index is -1.17. The Bertz CT molecular complexity index is 475. The Morgan fingerprint density at radius 1 is 1.22 bits per heavy atom. The van der Waals surface area contributed by atoms with Crippen LogP contribution in [0.25, 0.3) is 6.08 Å². The summed E-state index contributed by atoms with van der Waals surface area (Å²) in [6, 6.07) is 13.0. The highest BCUT2D eigenvalue weighted by Crippen LogP contribution is 1.99. The molecule has 0 unspecified atom stereocenters. The van der Waals surface area contributed by atoms with Crippen molar-refractivity contribution in [3.05, 3.63) is 66.1 Å². The molecule has 0 amide bonds. The average Bonchev–Trinajstić information content (AvgIpc) is 2.91. The summed E-state index contributed by atoms with van der Waals surface area (Å²) in [5.41, 5.74) is 4.49. The molecule has 0 fully saturated rings. The Labute approximate surface area is 105 Å². The first-order valence-corrected chi connectivity index (χ1v) is 5.48. The molecule has 18 heavy (non-hydrogen) atoms. The van der Waals surface area contributed by atoms with Gasteiger partial charge in [-0.25, -0.2) is 0 Å². The largest absolute Gasteiger partial charge is 0.545 e. The molecule has 1 heterocycles. The lowest BCUT2D eigenvalue weighted by molar-refractivity contribution is -0.390. The molecule has 2 aromatic rings. The third-order valence-corrected chi connectivity index (χ3v) is 2.04. The molecular weight excluding hydrogens is 230 g/mol. The lowest BCUT2D eigenvalue weighted by Gasteiger charge is -1.91. The van der Waals surface area contributed by atoms with E-state index >= 15 is 0 Å². The van der Waals surface area contributed by atoms with Crippen LogP contribution in [0.3, 0.4) is 0 Å². The number of carboxylic acid groups (broad SMARTS) is 1. The summed E-state index contributed by atoms with van der Waals surface area (Å²) in [5.74, 6) is -0.228. The Kier molecular flexibility index (Phi) is 6.00. The zero-order valence-corrected chi connectivity index (χ0v) is 9.91. The SMILES string of the molecule is O=C([O-])/C=C/c1ccccc1.[NH3+]Cc1ccco1. The molecule has 0 aliphatic rings. The Balaban J connectivity index is 0.000000199. The van der Waals surface area contributed by atoms with Crippen LogP contribution in [0.1, 0.15) is 11.3 Å². The van der Waals surface area contributed by atoms with Gasteiger partial charge in [0.15, 0.2) is 5.76 Å². The van der Waals surface area contributed by atoms with Gasteiger partial charge >= 0.3 is 0 Å². The number of aliphatic carboxylic acids is 1. The number of hydrogen-bond donors (Lipinski definition) is 1. The van der Waals surface area contributed by atoms with E-state index in [1.807, 2.05) is 42.5 Å². The first-order valence-electron chi connectivity index (χ1n) is 5.48. The van der Waals surface area contributed by atoms with E-state index in [4.69, 9.17) is 4.42 Å². The van der Waals surface area contributed by atoms with Crippen molar-refractivity contribution in [1.29, 1.82) is 0 Å². The van der Waals surface area contributed by atoms with Crippen molar-refractivity contribution in [3.8, 4) is 0 Å². The van der Waals surface area contributed by atoms with Crippen LogP contribution in [0.4, 0.5) is 0 Å². The summed E-state index contributed by atoms with van der Waals surface area (Å²) in [5, 5.41) is 9.97. The lowest BCUT2D eigenvalue weighted by Crippen LogP contribution is -2.47. The molecule has 0 saturated carbocycles. The highest BCUT2D eigenvalue weighted by Gasteiger charge is 1.87. The molecule has 0 aliphatic carbocycles. The molecule has 3 N–H and O–H groups in total. The summed E-state index contributed by atoms with van der Waals surface area (Å²) in [7, 11) is 0. The molecule has 4 heteroatoms. The maximum absolute atomic E-state index is 9.97. The molecule has 0 spiro atoms. The van der Waals surface area contributed by atoms with Crippen LogP contribution in [-0.2, 0) is 11.3 Å². The molecule has 1 aromatic heterocycles. The molecule has 0 saturated heterocycles. The number of carbonyl (C=O) groups is 1. The maximum Gasteiger partial charge on any atom is 0.157 e. The summed E-state index contributed by atoms with van der Waals surface area (Å²) in [4.78, 5) is 9.97. The highest BCUT2D eigenvalue weighted by molar-refractivity contribution is 5.83. The fraction of sp³-hybridized carbons (Fsp3) is 0.0714. The molecule has 2 rings (SSSR count). The van der Waals surface area contributed by atoms with Crippen LogP contribution in [0.15, 0.2) is 59.2 Å². The van der Waals surface area contributed by atoms with Gasteiger partial charge in [0.1, 0.15) is 6.54 Å². The summed E-state index contributed by atoms with van der Waals surface area (Å²) < 4.78 is 4.92. The number of carboxylic acids is 1. The second kappa shape index (κ2) is 7.86. The van der Waals surface area contributed by atoms with Crippen LogP contribution >= 0.6 is 0 Å². The second-order valence-corrected chi connectivity index (χ2v) is 3.39. The molecule has 0 bridgehead atoms. The molecule has 0 atom stereocenters. The molecule has 94 valence electrons. The van der Waals surface area contributed by atoms with Gasteiger partial charge in [-0.2, -0.15) is 0 Å². The normalized spacial score (nSPS) is 9.83. The Hall–Kier alpha value is -2.33. The summed E-state index contributed by atoms with van der Waals surface area (Å²) in [6.45, 7) is 0.743. The van der Waals surface area contributed by atoms with Crippen molar-refractivity contribution in [2.75, 3.05) is 0 Å². The first kappa shape index (κ1) is 13.7. The molecule has 0 aliphatic heterocycles. The molecular formula is C14H15NO3. The predicted octanol–water partition coefficient (Wildman–Crippen LogP) is 0.471. The van der Waals surface area contributed by atoms with E-state index in [9.17, 15) is 9.90 Å². The van der Waals surface area contributed by atoms with Gasteiger partial charge < -0.3 is 20.1 Å². The van der Waals surface area contributed by atoms with Gasteiger partial charge in [-0.05, 0) is 23.8 Å². The molecule has 1 aromatic carbocycles. The van der Waals surface area contributed by atoms with Crippen molar-refractivity contribution in [1.82, 2.24) is 0 Å². The van der Waals surface area contributed by atoms with Crippen molar-refractivity contribution >= 4 is 12.0 Å². The minimum Gasteiger partial charge on any atom is -0.545 e. The zero-order valence-electron chi connectivity index (χ0n) is 9.91. The van der Waals surface area contributed by atoms with Crippen molar-refractivity contribution < 1.29 is 20.1 Å². The molecule has 0 radical (unpaired) electrons. The van der Waals surface area contributed by atoms with E-state index in [0.29, 0.717) is 0 Å². The van der Waals surface area contributed by atoms with Gasteiger partial charge in [-0.1, -0.05) is 36.4 Å². The third-order valence-electron chi connectivity index (χ3n) is 2.04. The van der Waals surface area contributed by atoms with Gasteiger partial charge in [0.05, 0.1) is 12.2 Å². The fourth-order valence-electron chi connectivity index (χ4n) is 1.18. The topological polar surface area (TPSA) is 80.9 Å². The van der Waals surface area contributed by atoms with E-state index in [2.05, 4.69) is 5.73 Å². The van der Waals surface area contributed by atoms with E-state index in [0.717, 1.165) is 23.9 Å². The van der Waals surface area contributed by atoms with Crippen molar-refractivity contribution in [2.45, 2.75) is 6.54 Å². The van der Waals surface area contributed by atoms with Gasteiger partial charge in [-0.15, -0.1) is 0 Å². The number of furan rings is 1. The number of hydrogen-bond acceptors (Lipinski definition) is 3. The zero-order chi connectivity index (χ0) is 13.2. The lowest BCUT2D eigenvalue weighted by atomic mass is 10.2. The summed E-state index contributed by atoms with van der Waals surface area (Å²) >= 11 is 0. The van der Waals surface area contributed by atoms with Gasteiger partial charge in [0, 0.05) is 0 Å². The first-order chi connectivity index (χ1) is 8.72. The highest BCUT2D eigenvalue weighted by atomic mass is 16.4. The van der Waals surface area contributed by atoms with Gasteiger partial charge in [0.25, 0.3) is 0 Å². The number of benzene rings is 1. The van der Waals surface area contributed by atoms with Gasteiger partial charge in [-0.3, -0.25) is 0 Å². The van der Waals surface area contributed by atoms with Crippen molar-refractivity contribution in [2.24, 2.45) is 0 Å². The van der Waals surface area contributed by atoms with Crippen LogP contribution in [0.2, 0.25) is 0 Å². The third kappa shape index (κ3) is 5.67. The van der Waals surface area contributed by atoms with Crippen molar-refractivity contribution in [3.63, 3.8) is 0 Å². The van der Waals surface area contributed by atoms with Gasteiger partial charge in [0.2, 0.25) is 0 Å². The van der Waals surface area contributed by atoms with Crippen LogP contribution in [-0.4, -0.2) is 5.97 Å². The second-order valence-electron chi connectivity index (χ2n) is 3.39. The fourth-order valence-corrected chi connectivity index (χ4v) is 1.18. The minimum absolute atomic E-state index is 0.743. The summed E-state index contributed by atoms with van der Waals surface area (Å²) in [6.07, 6.45) is 4.16. The Morgan fingerprint density at radius 3 is 2.39 bits per heavy atom. The maximum atomic E-state index is 9.97. The van der Waals surface area contributed by atoms with Crippen LogP contribution in [0.5, 0.6) is 0 Å². The number of carbonyl (C=O) groups excluding carboxylic acids is 1.